The van der Waals surface area contributed by atoms with Crippen LogP contribution >= 0.6 is 0 Å². The van der Waals surface area contributed by atoms with Crippen molar-refractivity contribution in [3.63, 3.8) is 0 Å². The summed E-state index contributed by atoms with van der Waals surface area (Å²) >= 11 is 0. The van der Waals surface area contributed by atoms with Crippen molar-refractivity contribution in [2.24, 2.45) is 0 Å². The van der Waals surface area contributed by atoms with Crippen LogP contribution in [-0.4, -0.2) is 107 Å². The summed E-state index contributed by atoms with van der Waals surface area (Å²) in [6, 6.07) is 0. The minimum absolute atomic E-state index is 0. The first-order valence-corrected chi connectivity index (χ1v) is 8.66. The molecule has 0 radical (unpaired) electrons. The van der Waals surface area contributed by atoms with Gasteiger partial charge in [0.25, 0.3) is 0 Å². The molecule has 0 fully saturated rings. The van der Waals surface area contributed by atoms with Crippen molar-refractivity contribution in [1.29, 1.82) is 0 Å². The number of carbonyl (C=O) groups is 2. The van der Waals surface area contributed by atoms with Gasteiger partial charge in [-0.2, -0.15) is 0 Å². The molecule has 0 aromatic rings. The second-order valence-electron chi connectivity index (χ2n) is 3.72. The zero-order valence-corrected chi connectivity index (χ0v) is 14.0. The van der Waals surface area contributed by atoms with E-state index in [0.717, 1.165) is 12.2 Å². The Morgan fingerprint density at radius 1 is 0.826 bits per heavy atom. The number of ether oxygens (including phenoxy) is 1. The van der Waals surface area contributed by atoms with Crippen LogP contribution < -0.4 is 0 Å². The maximum absolute atomic E-state index is 11.7. The Hall–Kier alpha value is 0.777. The van der Waals surface area contributed by atoms with Crippen molar-refractivity contribution in [2.45, 2.75) is 34.1 Å². The topological polar surface area (TPSA) is 80.3 Å². The Morgan fingerprint density at radius 3 is 1.65 bits per heavy atom. The van der Waals surface area contributed by atoms with Gasteiger partial charge < -0.3 is 22.4 Å². The van der Waals surface area contributed by atoms with Crippen LogP contribution in [0.2, 0.25) is 0 Å². The van der Waals surface area contributed by atoms with Gasteiger partial charge in [0.05, 0.1) is 6.61 Å². The molecule has 0 heterocycles. The van der Waals surface area contributed by atoms with Crippen LogP contribution in [0.5, 0.6) is 0 Å². The van der Waals surface area contributed by atoms with Crippen LogP contribution in [0, 0.1) is 0 Å². The van der Waals surface area contributed by atoms with E-state index in [4.69, 9.17) is 22.4 Å². The van der Waals surface area contributed by atoms with Gasteiger partial charge in [0.1, 0.15) is 0 Å². The van der Waals surface area contributed by atoms with Gasteiger partial charge in [0, 0.05) is 32.0 Å². The van der Waals surface area contributed by atoms with Crippen LogP contribution in [0.25, 0.3) is 0 Å². The first kappa shape index (κ1) is 28.6. The summed E-state index contributed by atoms with van der Waals surface area (Å²) < 4.78 is 26.0. The molecule has 0 aliphatic rings. The van der Waals surface area contributed by atoms with Crippen LogP contribution in [-0.2, 0) is 32.0 Å². The maximum atomic E-state index is 11.7. The van der Waals surface area contributed by atoms with Crippen molar-refractivity contribution < 1.29 is 32.0 Å². The van der Waals surface area contributed by atoms with Crippen molar-refractivity contribution >= 4 is 80.1 Å². The van der Waals surface area contributed by atoms with Gasteiger partial charge in [-0.1, -0.05) is 6.92 Å². The summed E-state index contributed by atoms with van der Waals surface area (Å²) in [6.07, 6.45) is 2.68. The van der Waals surface area contributed by atoms with Gasteiger partial charge in [-0.15, -0.1) is 0 Å². The van der Waals surface area contributed by atoms with Crippen LogP contribution in [0.15, 0.2) is 12.2 Å². The van der Waals surface area contributed by atoms with Gasteiger partial charge in [0.2, 0.25) is 0 Å². The molecule has 0 rings (SSSR count). The zero-order chi connectivity index (χ0) is 16.1. The molecule has 0 spiro atoms. The van der Waals surface area contributed by atoms with Crippen LogP contribution in [0.4, 0.5) is 0 Å². The third-order valence-electron chi connectivity index (χ3n) is 1.99. The van der Waals surface area contributed by atoms with Crippen molar-refractivity contribution in [3.05, 3.63) is 12.2 Å². The number of esters is 1. The van der Waals surface area contributed by atoms with E-state index in [1.165, 1.54) is 0 Å². The quantitative estimate of drug-likeness (QED) is 0.295. The standard InChI is InChI=1S/C13H24O7Si.2Na.2H/c1-5-11-16-12(14)9-10-13(15)20-21(17-6-2,18-7-3)19-8-4;;;;/h9-10H,5-8,11H2,1-4H3;;;;/b10-9+;;;;. The normalized spacial score (nSPS) is 10.6. The third kappa shape index (κ3) is 13.7. The number of carbonyl (C=O) groups excluding carboxylic acids is 2. The summed E-state index contributed by atoms with van der Waals surface area (Å²) in [5.41, 5.74) is 0. The molecule has 0 atom stereocenters. The molecule has 0 saturated heterocycles. The molecule has 7 nitrogen and oxygen atoms in total. The zero-order valence-electron chi connectivity index (χ0n) is 13.0. The second kappa shape index (κ2) is 17.6. The van der Waals surface area contributed by atoms with Crippen molar-refractivity contribution in [3.8, 4) is 0 Å². The summed E-state index contributed by atoms with van der Waals surface area (Å²) in [5.74, 6) is -1.38. The van der Waals surface area contributed by atoms with E-state index in [2.05, 4.69) is 0 Å². The van der Waals surface area contributed by atoms with E-state index in [1.807, 2.05) is 6.92 Å². The van der Waals surface area contributed by atoms with E-state index >= 15 is 0 Å². The molecule has 0 saturated carbocycles. The fourth-order valence-electron chi connectivity index (χ4n) is 1.29. The molecule has 126 valence electrons. The third-order valence-corrected chi connectivity index (χ3v) is 4.37. The molecular weight excluding hydrogens is 342 g/mol. The van der Waals surface area contributed by atoms with Crippen molar-refractivity contribution in [1.82, 2.24) is 0 Å². The van der Waals surface area contributed by atoms with Gasteiger partial charge in [-0.3, -0.25) is 0 Å². The Labute approximate surface area is 183 Å². The molecular formula is C13H26Na2O7Si. The van der Waals surface area contributed by atoms with E-state index in [9.17, 15) is 9.59 Å². The Balaban J connectivity index is -0.00000200. The number of hydrogen-bond donors (Lipinski definition) is 0. The summed E-state index contributed by atoms with van der Waals surface area (Å²) in [4.78, 5) is 23.0. The van der Waals surface area contributed by atoms with Crippen molar-refractivity contribution in [2.75, 3.05) is 26.4 Å². The first-order valence-electron chi connectivity index (χ1n) is 7.03. The predicted octanol–water partition coefficient (Wildman–Crippen LogP) is 0.287. The SMILES string of the molecule is CCCOC(=O)/C=C/C(=O)O[Si](OCC)(OCC)OCC.[NaH].[NaH]. The molecule has 0 aromatic carbocycles. The van der Waals surface area contributed by atoms with E-state index < -0.39 is 21.0 Å². The van der Waals surface area contributed by atoms with Gasteiger partial charge in [-0.25, -0.2) is 9.59 Å². The Kier molecular flexibility index (Phi) is 21.9. The number of hydrogen-bond acceptors (Lipinski definition) is 7. The average Bonchev–Trinajstić information content (AvgIpc) is 2.43. The first-order chi connectivity index (χ1) is 10.0. The molecule has 10 heteroatoms. The molecule has 0 aliphatic carbocycles. The van der Waals surface area contributed by atoms with E-state index in [-0.39, 0.29) is 78.9 Å². The minimum atomic E-state index is -3.51. The molecule has 0 unspecified atom stereocenters. The Morgan fingerprint density at radius 2 is 1.26 bits per heavy atom. The summed E-state index contributed by atoms with van der Waals surface area (Å²) in [6.45, 7) is 8.24. The summed E-state index contributed by atoms with van der Waals surface area (Å²) in [7, 11) is -3.51. The molecule has 23 heavy (non-hydrogen) atoms. The molecule has 0 aromatic heterocycles. The molecule has 0 bridgehead atoms. The average molecular weight is 368 g/mol. The van der Waals surface area contributed by atoms with Gasteiger partial charge in [-0.05, 0) is 27.2 Å². The fourth-order valence-corrected chi connectivity index (χ4v) is 3.09. The monoisotopic (exact) mass is 368 g/mol. The predicted molar refractivity (Wildman–Crippen MR) is 91.4 cm³/mol. The van der Waals surface area contributed by atoms with E-state index in [0.29, 0.717) is 13.0 Å². The van der Waals surface area contributed by atoms with Gasteiger partial charge in [0.15, 0.2) is 0 Å². The van der Waals surface area contributed by atoms with E-state index in [1.54, 1.807) is 20.8 Å². The number of rotatable bonds is 11. The molecule has 0 N–H and O–H groups in total. The molecule has 0 aliphatic heterocycles. The van der Waals surface area contributed by atoms with Crippen LogP contribution in [0.1, 0.15) is 34.1 Å². The summed E-state index contributed by atoms with van der Waals surface area (Å²) in [5, 5.41) is 0. The van der Waals surface area contributed by atoms with Crippen LogP contribution in [0.3, 0.4) is 0 Å². The molecule has 0 amide bonds. The van der Waals surface area contributed by atoms with Gasteiger partial charge >= 0.3 is 80.1 Å². The Bertz CT molecular complexity index is 336. The fraction of sp³-hybridized carbons (Fsp3) is 0.692. The second-order valence-corrected chi connectivity index (χ2v) is 5.79.